The van der Waals surface area contributed by atoms with Crippen LogP contribution in [-0.4, -0.2) is 47.4 Å². The van der Waals surface area contributed by atoms with Crippen molar-refractivity contribution in [3.63, 3.8) is 0 Å². The van der Waals surface area contributed by atoms with Crippen LogP contribution in [-0.2, 0) is 4.74 Å². The molecule has 2 aliphatic rings. The summed E-state index contributed by atoms with van der Waals surface area (Å²) < 4.78 is 40.9. The third-order valence-corrected chi connectivity index (χ3v) is 6.05. The SMILES string of the molecule is N#Cc1ccc(-c2cnc(OC3C4COCC3CN(c3ncc(Cl)cn3)C4)c(F)c2)c(F)c1. The van der Waals surface area contributed by atoms with E-state index in [4.69, 9.17) is 26.3 Å². The molecule has 10 heteroatoms. The molecule has 2 bridgehead atoms. The summed E-state index contributed by atoms with van der Waals surface area (Å²) in [7, 11) is 0. The normalized spacial score (nSPS) is 22.0. The zero-order chi connectivity index (χ0) is 22.9. The number of fused-ring (bicyclic) bond motifs is 2. The Kier molecular flexibility index (Phi) is 5.79. The van der Waals surface area contributed by atoms with E-state index in [1.165, 1.54) is 24.4 Å². The van der Waals surface area contributed by atoms with Crippen LogP contribution in [0.2, 0.25) is 5.02 Å². The van der Waals surface area contributed by atoms with Crippen molar-refractivity contribution in [2.75, 3.05) is 31.2 Å². The Hall–Kier alpha value is -3.35. The lowest BCUT2D eigenvalue weighted by atomic mass is 9.84. The number of anilines is 1. The number of ether oxygens (including phenoxy) is 2. The molecule has 2 fully saturated rings. The number of pyridine rings is 1. The smallest absolute Gasteiger partial charge is 0.250 e. The van der Waals surface area contributed by atoms with Gasteiger partial charge in [0.1, 0.15) is 11.9 Å². The van der Waals surface area contributed by atoms with Crippen LogP contribution >= 0.6 is 11.6 Å². The number of aromatic nitrogens is 3. The molecule has 0 saturated carbocycles. The number of benzene rings is 1. The number of piperidine rings is 1. The van der Waals surface area contributed by atoms with Gasteiger partial charge in [-0.3, -0.25) is 0 Å². The van der Waals surface area contributed by atoms with Crippen LogP contribution in [0.5, 0.6) is 5.88 Å². The standard InChI is InChI=1S/C23H18ClF2N5O2/c24-17-7-29-23(30-8-17)31-9-15-11-32-12-16(10-31)21(15)33-22-20(26)4-14(6-28-22)18-2-1-13(5-27)3-19(18)25/h1-4,6-8,15-16,21H,9-12H2. The second-order valence-electron chi connectivity index (χ2n) is 8.06. The van der Waals surface area contributed by atoms with Gasteiger partial charge in [-0.1, -0.05) is 17.7 Å². The van der Waals surface area contributed by atoms with Gasteiger partial charge in [0.15, 0.2) is 5.82 Å². The van der Waals surface area contributed by atoms with Crippen LogP contribution in [0.15, 0.2) is 42.9 Å². The second kappa shape index (κ2) is 8.89. The zero-order valence-electron chi connectivity index (χ0n) is 17.3. The van der Waals surface area contributed by atoms with E-state index in [0.29, 0.717) is 37.3 Å². The van der Waals surface area contributed by atoms with E-state index in [1.54, 1.807) is 12.4 Å². The van der Waals surface area contributed by atoms with Gasteiger partial charge in [0.05, 0.1) is 42.3 Å². The molecule has 0 spiro atoms. The van der Waals surface area contributed by atoms with Crippen LogP contribution in [0.3, 0.4) is 0 Å². The summed E-state index contributed by atoms with van der Waals surface area (Å²) in [6.07, 6.45) is 4.18. The van der Waals surface area contributed by atoms with Gasteiger partial charge in [-0.2, -0.15) is 5.26 Å². The molecule has 0 N–H and O–H groups in total. The van der Waals surface area contributed by atoms with Crippen molar-refractivity contribution in [3.8, 4) is 23.1 Å². The predicted molar refractivity (Wildman–Crippen MR) is 116 cm³/mol. The molecule has 2 atom stereocenters. The molecule has 0 aliphatic carbocycles. The largest absolute Gasteiger partial charge is 0.471 e. The topological polar surface area (TPSA) is 84.2 Å². The maximum absolute atomic E-state index is 14.9. The zero-order valence-corrected chi connectivity index (χ0v) is 18.0. The fourth-order valence-electron chi connectivity index (χ4n) is 4.33. The Bertz CT molecular complexity index is 1210. The molecule has 33 heavy (non-hydrogen) atoms. The van der Waals surface area contributed by atoms with Gasteiger partial charge in [0.2, 0.25) is 5.95 Å². The Morgan fingerprint density at radius 2 is 1.76 bits per heavy atom. The average molecular weight is 470 g/mol. The molecule has 168 valence electrons. The van der Waals surface area contributed by atoms with E-state index in [2.05, 4.69) is 19.9 Å². The van der Waals surface area contributed by atoms with E-state index in [1.807, 2.05) is 6.07 Å². The van der Waals surface area contributed by atoms with E-state index < -0.39 is 11.6 Å². The van der Waals surface area contributed by atoms with Crippen LogP contribution in [0.25, 0.3) is 11.1 Å². The molecule has 2 aromatic heterocycles. The maximum atomic E-state index is 14.9. The van der Waals surface area contributed by atoms with E-state index in [0.717, 1.165) is 6.07 Å². The molecule has 2 aliphatic heterocycles. The predicted octanol–water partition coefficient (Wildman–Crippen LogP) is 3.87. The molecule has 4 heterocycles. The summed E-state index contributed by atoms with van der Waals surface area (Å²) >= 11 is 5.89. The number of hydrogen-bond donors (Lipinski definition) is 0. The monoisotopic (exact) mass is 469 g/mol. The van der Waals surface area contributed by atoms with Gasteiger partial charge in [-0.05, 0) is 18.2 Å². The Labute approximate surface area is 193 Å². The highest BCUT2D eigenvalue weighted by molar-refractivity contribution is 6.30. The average Bonchev–Trinajstić information content (AvgIpc) is 2.80. The summed E-state index contributed by atoms with van der Waals surface area (Å²) in [6, 6.07) is 7.07. The number of nitriles is 1. The van der Waals surface area contributed by atoms with Crippen molar-refractivity contribution < 1.29 is 18.3 Å². The minimum atomic E-state index is -0.682. The third-order valence-electron chi connectivity index (χ3n) is 5.86. The number of nitrogens with zero attached hydrogens (tertiary/aromatic N) is 5. The lowest BCUT2D eigenvalue weighted by Gasteiger charge is -2.46. The van der Waals surface area contributed by atoms with Gasteiger partial charge in [-0.25, -0.2) is 23.7 Å². The maximum Gasteiger partial charge on any atom is 0.250 e. The first-order valence-electron chi connectivity index (χ1n) is 10.3. The van der Waals surface area contributed by atoms with E-state index in [-0.39, 0.29) is 40.5 Å². The Morgan fingerprint density at radius 3 is 2.39 bits per heavy atom. The van der Waals surface area contributed by atoms with Crippen LogP contribution in [0.4, 0.5) is 14.7 Å². The molecular weight excluding hydrogens is 452 g/mol. The van der Waals surface area contributed by atoms with Gasteiger partial charge in [0, 0.05) is 42.2 Å². The highest BCUT2D eigenvalue weighted by Crippen LogP contribution is 2.34. The first-order valence-corrected chi connectivity index (χ1v) is 10.7. The summed E-state index contributed by atoms with van der Waals surface area (Å²) in [5.74, 6) is -0.924. The lowest BCUT2D eigenvalue weighted by molar-refractivity contribution is -0.0780. The van der Waals surface area contributed by atoms with Crippen molar-refractivity contribution in [2.24, 2.45) is 11.8 Å². The third kappa shape index (κ3) is 4.32. The summed E-state index contributed by atoms with van der Waals surface area (Å²) in [4.78, 5) is 14.8. The summed E-state index contributed by atoms with van der Waals surface area (Å²) in [5.41, 5.74) is 0.613. The molecule has 0 radical (unpaired) electrons. The van der Waals surface area contributed by atoms with Crippen LogP contribution in [0.1, 0.15) is 5.56 Å². The quantitative estimate of drug-likeness (QED) is 0.573. The molecular formula is C23H18ClF2N5O2. The second-order valence-corrected chi connectivity index (χ2v) is 8.50. The lowest BCUT2D eigenvalue weighted by Crippen LogP contribution is -2.58. The van der Waals surface area contributed by atoms with E-state index in [9.17, 15) is 8.78 Å². The van der Waals surface area contributed by atoms with Crippen LogP contribution < -0.4 is 9.64 Å². The molecule has 2 saturated heterocycles. The number of halogens is 3. The molecule has 0 amide bonds. The molecule has 5 rings (SSSR count). The van der Waals surface area contributed by atoms with Gasteiger partial charge in [-0.15, -0.1) is 0 Å². The fourth-order valence-corrected chi connectivity index (χ4v) is 4.43. The highest BCUT2D eigenvalue weighted by Gasteiger charge is 2.43. The first kappa shape index (κ1) is 21.5. The highest BCUT2D eigenvalue weighted by atomic mass is 35.5. The van der Waals surface area contributed by atoms with Crippen molar-refractivity contribution in [1.82, 2.24) is 15.0 Å². The minimum Gasteiger partial charge on any atom is -0.471 e. The van der Waals surface area contributed by atoms with Crippen LogP contribution in [0, 0.1) is 34.8 Å². The van der Waals surface area contributed by atoms with Crippen molar-refractivity contribution >= 4 is 17.5 Å². The molecule has 2 unspecified atom stereocenters. The number of rotatable bonds is 4. The molecule has 3 aromatic rings. The first-order chi connectivity index (χ1) is 16.0. The van der Waals surface area contributed by atoms with Crippen molar-refractivity contribution in [2.45, 2.75) is 6.10 Å². The molecule has 7 nitrogen and oxygen atoms in total. The minimum absolute atomic E-state index is 0.0337. The summed E-state index contributed by atoms with van der Waals surface area (Å²) in [6.45, 7) is 2.08. The van der Waals surface area contributed by atoms with E-state index >= 15 is 0 Å². The van der Waals surface area contributed by atoms with Gasteiger partial charge < -0.3 is 14.4 Å². The van der Waals surface area contributed by atoms with Gasteiger partial charge in [0.25, 0.3) is 5.88 Å². The number of hydrogen-bond acceptors (Lipinski definition) is 7. The summed E-state index contributed by atoms with van der Waals surface area (Å²) in [5, 5.41) is 9.35. The van der Waals surface area contributed by atoms with Gasteiger partial charge >= 0.3 is 0 Å². The molecule has 1 aromatic carbocycles. The Morgan fingerprint density at radius 1 is 1.03 bits per heavy atom. The fraction of sp³-hybridized carbons (Fsp3) is 0.304. The van der Waals surface area contributed by atoms with Crippen molar-refractivity contribution in [3.05, 3.63) is 65.1 Å². The van der Waals surface area contributed by atoms with Crippen molar-refractivity contribution in [1.29, 1.82) is 5.26 Å². The Balaban J connectivity index is 1.34.